The average molecular weight is 366 g/mol. The van der Waals surface area contributed by atoms with Crippen molar-refractivity contribution in [3.8, 4) is 11.1 Å². The van der Waals surface area contributed by atoms with Crippen molar-refractivity contribution in [3.63, 3.8) is 0 Å². The maximum absolute atomic E-state index is 14.3. The number of carbonyl (C=O) groups is 1. The standard InChI is InChI=1S/C20H19FN4O2/c1-14-22-23-20(27-14)25-11-9-24(10-12-25)19(26)17-13-16(7-8-18(17)21)15-5-3-2-4-6-15/h2-8,13H,9-12H2,1H3. The van der Waals surface area contributed by atoms with Crippen LogP contribution in [0.15, 0.2) is 52.9 Å². The summed E-state index contributed by atoms with van der Waals surface area (Å²) in [6.45, 7) is 3.80. The summed E-state index contributed by atoms with van der Waals surface area (Å²) in [6, 6.07) is 14.8. The largest absolute Gasteiger partial charge is 0.408 e. The Hall–Kier alpha value is -3.22. The molecular formula is C20H19FN4O2. The zero-order valence-corrected chi connectivity index (χ0v) is 14.9. The molecule has 0 spiro atoms. The number of aryl methyl sites for hydroxylation is 1. The molecule has 0 N–H and O–H groups in total. The van der Waals surface area contributed by atoms with Crippen LogP contribution in [0, 0.1) is 12.7 Å². The lowest BCUT2D eigenvalue weighted by Gasteiger charge is -2.33. The summed E-state index contributed by atoms with van der Waals surface area (Å²) in [4.78, 5) is 16.5. The molecule has 0 atom stereocenters. The van der Waals surface area contributed by atoms with Crippen LogP contribution in [0.1, 0.15) is 16.2 Å². The van der Waals surface area contributed by atoms with Crippen LogP contribution in [0.25, 0.3) is 11.1 Å². The third-order valence-electron chi connectivity index (χ3n) is 4.66. The van der Waals surface area contributed by atoms with Gasteiger partial charge in [0.1, 0.15) is 5.82 Å². The first-order valence-corrected chi connectivity index (χ1v) is 8.81. The molecule has 0 bridgehead atoms. The predicted molar refractivity (Wildman–Crippen MR) is 99.0 cm³/mol. The lowest BCUT2D eigenvalue weighted by Crippen LogP contribution is -2.49. The van der Waals surface area contributed by atoms with E-state index in [9.17, 15) is 9.18 Å². The first kappa shape index (κ1) is 17.2. The number of benzene rings is 2. The van der Waals surface area contributed by atoms with Crippen LogP contribution in [-0.4, -0.2) is 47.2 Å². The van der Waals surface area contributed by atoms with Gasteiger partial charge in [-0.3, -0.25) is 4.79 Å². The summed E-state index contributed by atoms with van der Waals surface area (Å²) < 4.78 is 19.8. The van der Waals surface area contributed by atoms with Crippen LogP contribution in [-0.2, 0) is 0 Å². The minimum atomic E-state index is -0.505. The van der Waals surface area contributed by atoms with E-state index in [1.807, 2.05) is 35.2 Å². The van der Waals surface area contributed by atoms with Crippen molar-refractivity contribution in [1.29, 1.82) is 0 Å². The average Bonchev–Trinajstić information content (AvgIpc) is 3.15. The van der Waals surface area contributed by atoms with E-state index in [4.69, 9.17) is 4.42 Å². The van der Waals surface area contributed by atoms with Crippen LogP contribution >= 0.6 is 0 Å². The highest BCUT2D eigenvalue weighted by Gasteiger charge is 2.26. The van der Waals surface area contributed by atoms with Crippen molar-refractivity contribution < 1.29 is 13.6 Å². The lowest BCUT2D eigenvalue weighted by molar-refractivity contribution is 0.0740. The van der Waals surface area contributed by atoms with E-state index in [1.165, 1.54) is 6.07 Å². The fraction of sp³-hybridized carbons (Fsp3) is 0.250. The second-order valence-electron chi connectivity index (χ2n) is 6.44. The van der Waals surface area contributed by atoms with Gasteiger partial charge in [0, 0.05) is 33.1 Å². The normalized spacial score (nSPS) is 14.4. The lowest BCUT2D eigenvalue weighted by atomic mass is 10.0. The van der Waals surface area contributed by atoms with Gasteiger partial charge < -0.3 is 14.2 Å². The Morgan fingerprint density at radius 3 is 2.41 bits per heavy atom. The number of rotatable bonds is 3. The number of nitrogens with zero attached hydrogens (tertiary/aromatic N) is 4. The molecule has 1 fully saturated rings. The van der Waals surface area contributed by atoms with Gasteiger partial charge in [0.05, 0.1) is 5.56 Å². The molecule has 1 aliphatic rings. The molecule has 3 aromatic rings. The zero-order valence-electron chi connectivity index (χ0n) is 14.9. The van der Waals surface area contributed by atoms with Gasteiger partial charge >= 0.3 is 6.01 Å². The first-order valence-electron chi connectivity index (χ1n) is 8.81. The fourth-order valence-corrected chi connectivity index (χ4v) is 3.18. The predicted octanol–water partition coefficient (Wildman–Crippen LogP) is 3.15. The molecule has 6 nitrogen and oxygen atoms in total. The Kier molecular flexibility index (Phi) is 4.58. The summed E-state index contributed by atoms with van der Waals surface area (Å²) in [5, 5.41) is 7.83. The summed E-state index contributed by atoms with van der Waals surface area (Å²) in [6.07, 6.45) is 0. The van der Waals surface area contributed by atoms with E-state index in [0.717, 1.165) is 11.1 Å². The SMILES string of the molecule is Cc1nnc(N2CCN(C(=O)c3cc(-c4ccccc4)ccc3F)CC2)o1. The molecule has 27 heavy (non-hydrogen) atoms. The maximum Gasteiger partial charge on any atom is 0.318 e. The second-order valence-corrected chi connectivity index (χ2v) is 6.44. The molecular weight excluding hydrogens is 347 g/mol. The van der Waals surface area contributed by atoms with Crippen LogP contribution in [0.2, 0.25) is 0 Å². The highest BCUT2D eigenvalue weighted by atomic mass is 19.1. The van der Waals surface area contributed by atoms with Gasteiger partial charge in [-0.1, -0.05) is 41.5 Å². The molecule has 1 aromatic heterocycles. The van der Waals surface area contributed by atoms with E-state index in [0.29, 0.717) is 38.1 Å². The second kappa shape index (κ2) is 7.19. The molecule has 0 radical (unpaired) electrons. The van der Waals surface area contributed by atoms with Crippen molar-refractivity contribution in [1.82, 2.24) is 15.1 Å². The van der Waals surface area contributed by atoms with Crippen LogP contribution in [0.4, 0.5) is 10.4 Å². The van der Waals surface area contributed by atoms with Gasteiger partial charge in [-0.2, -0.15) is 0 Å². The Morgan fingerprint density at radius 1 is 1.00 bits per heavy atom. The van der Waals surface area contributed by atoms with Crippen molar-refractivity contribution in [2.24, 2.45) is 0 Å². The van der Waals surface area contributed by atoms with E-state index >= 15 is 0 Å². The number of amides is 1. The molecule has 7 heteroatoms. The number of hydrogen-bond acceptors (Lipinski definition) is 5. The Balaban J connectivity index is 1.50. The maximum atomic E-state index is 14.3. The number of anilines is 1. The van der Waals surface area contributed by atoms with E-state index in [-0.39, 0.29) is 11.5 Å². The monoisotopic (exact) mass is 366 g/mol. The number of hydrogen-bond donors (Lipinski definition) is 0. The molecule has 0 unspecified atom stereocenters. The molecule has 138 valence electrons. The smallest absolute Gasteiger partial charge is 0.318 e. The topological polar surface area (TPSA) is 62.5 Å². The van der Waals surface area contributed by atoms with Crippen molar-refractivity contribution in [2.45, 2.75) is 6.92 Å². The van der Waals surface area contributed by atoms with Crippen LogP contribution in [0.5, 0.6) is 0 Å². The summed E-state index contributed by atoms with van der Waals surface area (Å²) in [5.41, 5.74) is 1.86. The third-order valence-corrected chi connectivity index (χ3v) is 4.66. The van der Waals surface area contributed by atoms with Gasteiger partial charge in [0.15, 0.2) is 0 Å². The van der Waals surface area contributed by atoms with Crippen molar-refractivity contribution in [3.05, 3.63) is 65.8 Å². The molecule has 1 aliphatic heterocycles. The molecule has 2 aromatic carbocycles. The minimum absolute atomic E-state index is 0.0958. The van der Waals surface area contributed by atoms with E-state index in [2.05, 4.69) is 10.2 Å². The Morgan fingerprint density at radius 2 is 1.74 bits per heavy atom. The molecule has 2 heterocycles. The molecule has 0 saturated carbocycles. The highest BCUT2D eigenvalue weighted by molar-refractivity contribution is 5.96. The first-order chi connectivity index (χ1) is 13.1. The van der Waals surface area contributed by atoms with Crippen LogP contribution in [0.3, 0.4) is 0 Å². The molecule has 0 aliphatic carbocycles. The Labute approximate surface area is 156 Å². The number of halogens is 1. The molecule has 4 rings (SSSR count). The number of aromatic nitrogens is 2. The quantitative estimate of drug-likeness (QED) is 0.713. The van der Waals surface area contributed by atoms with Gasteiger partial charge in [-0.25, -0.2) is 4.39 Å². The van der Waals surface area contributed by atoms with Gasteiger partial charge in [-0.15, -0.1) is 5.10 Å². The zero-order chi connectivity index (χ0) is 18.8. The van der Waals surface area contributed by atoms with Crippen molar-refractivity contribution in [2.75, 3.05) is 31.1 Å². The third kappa shape index (κ3) is 3.53. The van der Waals surface area contributed by atoms with E-state index < -0.39 is 5.82 Å². The van der Waals surface area contributed by atoms with Crippen molar-refractivity contribution >= 4 is 11.9 Å². The van der Waals surface area contributed by atoms with Gasteiger partial charge in [0.2, 0.25) is 5.89 Å². The van der Waals surface area contributed by atoms with Crippen LogP contribution < -0.4 is 4.90 Å². The summed E-state index contributed by atoms with van der Waals surface area (Å²) in [5.74, 6) is -0.301. The summed E-state index contributed by atoms with van der Waals surface area (Å²) in [7, 11) is 0. The molecule has 1 amide bonds. The van der Waals surface area contributed by atoms with Gasteiger partial charge in [0.25, 0.3) is 5.91 Å². The fourth-order valence-electron chi connectivity index (χ4n) is 3.18. The highest BCUT2D eigenvalue weighted by Crippen LogP contribution is 2.23. The Bertz CT molecular complexity index is 950. The number of carbonyl (C=O) groups excluding carboxylic acids is 1. The number of piperazine rings is 1. The van der Waals surface area contributed by atoms with E-state index in [1.54, 1.807) is 24.0 Å². The minimum Gasteiger partial charge on any atom is -0.408 e. The summed E-state index contributed by atoms with van der Waals surface area (Å²) >= 11 is 0. The van der Waals surface area contributed by atoms with Gasteiger partial charge in [-0.05, 0) is 23.3 Å². The molecule has 1 saturated heterocycles.